The first-order valence-electron chi connectivity index (χ1n) is 16.0. The van der Waals surface area contributed by atoms with Crippen LogP contribution in [0.2, 0.25) is 0 Å². The molecule has 2 aromatic heterocycles. The van der Waals surface area contributed by atoms with Crippen molar-refractivity contribution in [2.75, 3.05) is 50.0 Å². The summed E-state index contributed by atoms with van der Waals surface area (Å²) in [4.78, 5) is 54.2. The number of hydrogen-bond acceptors (Lipinski definition) is 17. The predicted molar refractivity (Wildman–Crippen MR) is 184 cm³/mol. The fraction of sp³-hybridized carbons (Fsp3) is 0.452. The number of carbonyl (C=O) groups excluding carboxylic acids is 2. The highest BCUT2D eigenvalue weighted by Gasteiger charge is 2.57. The van der Waals surface area contributed by atoms with Crippen LogP contribution in [-0.4, -0.2) is 107 Å². The minimum atomic E-state index is -5.25. The van der Waals surface area contributed by atoms with E-state index in [0.717, 1.165) is 48.0 Å². The molecular weight excluding hydrogens is 723 g/mol. The number of carboxylic acids is 1. The van der Waals surface area contributed by atoms with Crippen LogP contribution >= 0.6 is 11.3 Å². The Labute approximate surface area is 303 Å². The lowest BCUT2D eigenvalue weighted by Gasteiger charge is -2.51. The largest absolute Gasteiger partial charge is 0.724 e. The summed E-state index contributed by atoms with van der Waals surface area (Å²) in [5.41, 5.74) is 11.5. The second kappa shape index (κ2) is 15.8. The lowest BCUT2D eigenvalue weighted by molar-refractivity contribution is -0.661. The van der Waals surface area contributed by atoms with E-state index in [9.17, 15) is 32.5 Å². The van der Waals surface area contributed by atoms with E-state index in [2.05, 4.69) is 24.6 Å². The van der Waals surface area contributed by atoms with Gasteiger partial charge in [-0.15, -0.1) is 11.3 Å². The number of amides is 1. The Bertz CT molecular complexity index is 1930. The molecule has 4 heterocycles. The summed E-state index contributed by atoms with van der Waals surface area (Å²) in [6.07, 6.45) is 1.54. The highest BCUT2D eigenvalue weighted by atomic mass is 32.3. The lowest BCUT2D eigenvalue weighted by atomic mass is 9.74. The van der Waals surface area contributed by atoms with Gasteiger partial charge in [-0.1, -0.05) is 22.3 Å². The van der Waals surface area contributed by atoms with Gasteiger partial charge in [0.2, 0.25) is 10.4 Å². The van der Waals surface area contributed by atoms with Crippen molar-refractivity contribution in [3.8, 4) is 16.9 Å². The van der Waals surface area contributed by atoms with Gasteiger partial charge in [-0.3, -0.25) is 14.5 Å². The Balaban J connectivity index is 1.24. The molecule has 0 aliphatic carbocycles. The van der Waals surface area contributed by atoms with E-state index in [1.165, 1.54) is 19.2 Å². The molecule has 6 N–H and O–H groups in total. The minimum Gasteiger partial charge on any atom is -0.724 e. The van der Waals surface area contributed by atoms with Crippen molar-refractivity contribution in [2.45, 2.75) is 31.9 Å². The maximum Gasteiger partial charge on any atom is 0.393 e. The van der Waals surface area contributed by atoms with Crippen LogP contribution in [0.25, 0.3) is 11.1 Å². The van der Waals surface area contributed by atoms with E-state index < -0.39 is 64.4 Å². The molecule has 0 radical (unpaired) electrons. The smallest absolute Gasteiger partial charge is 0.393 e. The third kappa shape index (κ3) is 8.97. The molecule has 19 nitrogen and oxygen atoms in total. The summed E-state index contributed by atoms with van der Waals surface area (Å²) in [6, 6.07) is 6.91. The standard InChI is InChI=1S/C31H39N9O10S2/c1-31(2)22(27(42)40(31)50-52(45,46)47)10-24(41)26(23-17-51-29(33)36-23)37-49-25(28(43)44)16-48-21-6-4-19(5-7-21)20-13-35-30(38(3)15-20)39(9-8-32)14-18-11-34-12-18/h4-7,13,15,17-18,22,25,34H,8-12,14,16,32H2,1-3H3,(H3-,33,36,43,44,45,46,47)/b37-26-/t22-,25?/m1/s1. The van der Waals surface area contributed by atoms with Crippen molar-refractivity contribution in [3.05, 3.63) is 47.7 Å². The number of carbonyl (C=O) groups is 3. The summed E-state index contributed by atoms with van der Waals surface area (Å²) in [6.45, 7) is 6.27. The number of ketones is 1. The predicted octanol–water partition coefficient (Wildman–Crippen LogP) is -0.563. The molecule has 2 fully saturated rings. The van der Waals surface area contributed by atoms with Gasteiger partial charge in [0, 0.05) is 42.9 Å². The highest BCUT2D eigenvalue weighted by Crippen LogP contribution is 2.40. The number of β-lactam (4-membered cyclic amide) rings is 1. The molecule has 3 aromatic rings. The molecule has 21 heteroatoms. The average Bonchev–Trinajstić information content (AvgIpc) is 3.50. The topological polar surface area (TPSA) is 269 Å². The zero-order valence-corrected chi connectivity index (χ0v) is 30.1. The van der Waals surface area contributed by atoms with Crippen LogP contribution in [0.5, 0.6) is 5.75 Å². The van der Waals surface area contributed by atoms with Crippen molar-refractivity contribution in [3.63, 3.8) is 0 Å². The Morgan fingerprint density at radius 1 is 1.27 bits per heavy atom. The normalized spacial score (nSPS) is 17.9. The number of nitrogens with one attached hydrogen (secondary N) is 1. The molecule has 52 heavy (non-hydrogen) atoms. The molecule has 2 saturated heterocycles. The number of carboxylic acid groups (broad SMARTS) is 1. The third-order valence-electron chi connectivity index (χ3n) is 8.59. The number of nitrogens with zero attached hydrogens (tertiary/aromatic N) is 6. The number of ether oxygens (including phenoxy) is 1. The number of oxime groups is 1. The molecule has 1 aromatic carbocycles. The van der Waals surface area contributed by atoms with Crippen LogP contribution in [0.1, 0.15) is 26.0 Å². The van der Waals surface area contributed by atoms with Crippen LogP contribution in [0.4, 0.5) is 11.1 Å². The van der Waals surface area contributed by atoms with Crippen LogP contribution in [0.15, 0.2) is 47.2 Å². The first-order valence-corrected chi connectivity index (χ1v) is 18.2. The number of benzene rings is 1. The van der Waals surface area contributed by atoms with E-state index in [0.29, 0.717) is 29.8 Å². The molecule has 0 bridgehead atoms. The number of aromatic nitrogens is 3. The summed E-state index contributed by atoms with van der Waals surface area (Å²) in [5.74, 6) is -2.58. The molecule has 1 unspecified atom stereocenters. The van der Waals surface area contributed by atoms with Crippen molar-refractivity contribution >= 4 is 56.2 Å². The molecule has 2 aliphatic heterocycles. The lowest BCUT2D eigenvalue weighted by Crippen LogP contribution is -2.68. The van der Waals surface area contributed by atoms with Gasteiger partial charge in [0.15, 0.2) is 16.6 Å². The van der Waals surface area contributed by atoms with Crippen LogP contribution in [0, 0.1) is 11.8 Å². The van der Waals surface area contributed by atoms with Crippen molar-refractivity contribution in [1.29, 1.82) is 0 Å². The van der Waals surface area contributed by atoms with Crippen molar-refractivity contribution < 1.29 is 50.9 Å². The fourth-order valence-electron chi connectivity index (χ4n) is 5.65. The van der Waals surface area contributed by atoms with Crippen LogP contribution < -0.4 is 31.0 Å². The summed E-state index contributed by atoms with van der Waals surface area (Å²) in [5, 5.41) is 18.7. The maximum atomic E-state index is 13.4. The van der Waals surface area contributed by atoms with Crippen LogP contribution in [0.3, 0.4) is 0 Å². The van der Waals surface area contributed by atoms with E-state index in [1.807, 2.05) is 17.8 Å². The molecule has 2 aliphatic rings. The van der Waals surface area contributed by atoms with Gasteiger partial charge in [-0.05, 0) is 31.5 Å². The van der Waals surface area contributed by atoms with Gasteiger partial charge in [-0.2, -0.15) is 9.35 Å². The number of aliphatic carboxylic acids is 1. The summed E-state index contributed by atoms with van der Waals surface area (Å²) >= 11 is 0.979. The van der Waals surface area contributed by atoms with E-state index >= 15 is 0 Å². The Hall–Kier alpha value is -4.80. The Kier molecular flexibility index (Phi) is 11.7. The zero-order chi connectivity index (χ0) is 37.8. The number of hydroxylamine groups is 2. The molecular formula is C31H39N9O10S2. The molecule has 5 rings (SSSR count). The number of nitrogens with two attached hydrogens (primary N) is 2. The molecule has 0 spiro atoms. The monoisotopic (exact) mass is 761 g/mol. The second-order valence-electron chi connectivity index (χ2n) is 12.7. The van der Waals surface area contributed by atoms with Gasteiger partial charge >= 0.3 is 11.9 Å². The number of rotatable bonds is 18. The Morgan fingerprint density at radius 2 is 1.98 bits per heavy atom. The van der Waals surface area contributed by atoms with E-state index in [1.54, 1.807) is 30.5 Å². The second-order valence-corrected chi connectivity index (χ2v) is 14.6. The first-order chi connectivity index (χ1) is 24.6. The molecule has 0 saturated carbocycles. The molecule has 2 atom stereocenters. The van der Waals surface area contributed by atoms with Gasteiger partial charge in [0.1, 0.15) is 24.2 Å². The van der Waals surface area contributed by atoms with Crippen LogP contribution in [-0.2, 0) is 41.0 Å². The van der Waals surface area contributed by atoms with Gasteiger partial charge in [0.25, 0.3) is 12.0 Å². The van der Waals surface area contributed by atoms with Crippen molar-refractivity contribution in [1.82, 2.24) is 20.3 Å². The summed E-state index contributed by atoms with van der Waals surface area (Å²) in [7, 11) is -3.33. The maximum absolute atomic E-state index is 13.4. The van der Waals surface area contributed by atoms with Crippen molar-refractivity contribution in [2.24, 2.45) is 29.8 Å². The third-order valence-corrected chi connectivity index (χ3v) is 9.59. The quantitative estimate of drug-likeness (QED) is 0.0316. The Morgan fingerprint density at radius 3 is 2.52 bits per heavy atom. The van der Waals surface area contributed by atoms with Gasteiger partial charge in [-0.25, -0.2) is 22.8 Å². The van der Waals surface area contributed by atoms with E-state index in [4.69, 9.17) is 26.0 Å². The van der Waals surface area contributed by atoms with Gasteiger partial charge < -0.3 is 36.0 Å². The molecule has 1 amide bonds. The zero-order valence-electron chi connectivity index (χ0n) is 28.5. The molecule has 280 valence electrons. The summed E-state index contributed by atoms with van der Waals surface area (Å²) < 4.78 is 45.0. The number of hydrogen-bond donors (Lipinski definition) is 4. The van der Waals surface area contributed by atoms with Gasteiger partial charge in [0.05, 0.1) is 37.8 Å². The number of aryl methyl sites for hydroxylation is 1. The number of thiazole rings is 1. The SMILES string of the molecule is C[n+]1cc(-c2ccc(OCC(O/N=C(\C(=O)C[C@@H]3C(=O)N(OS(=O)(=O)[O-])C3(C)C)c3csc(N)n3)C(=O)O)cc2)cnc1N(CCN)CC1CNC1. The fourth-order valence-corrected chi connectivity index (χ4v) is 6.65. The number of anilines is 2. The average molecular weight is 762 g/mol. The minimum absolute atomic E-state index is 0.0355. The number of nitrogen functional groups attached to an aromatic ring is 1. The highest BCUT2D eigenvalue weighted by molar-refractivity contribution is 7.80. The number of Topliss-reactive ketones (excluding diaryl/α,β-unsaturated/α-hetero) is 1. The first kappa shape index (κ1) is 38.4. The van der Waals surface area contributed by atoms with E-state index in [-0.39, 0.29) is 10.8 Å².